The minimum Gasteiger partial charge on any atom is -0.327 e. The van der Waals surface area contributed by atoms with Crippen LogP contribution in [-0.4, -0.2) is 16.6 Å². The SMILES string of the molecule is CNCc1ccc2c(c1)nc(-c1cccc(C)c1)n2C. The second kappa shape index (κ2) is 5.10. The lowest BCUT2D eigenvalue weighted by atomic mass is 10.1. The van der Waals surface area contributed by atoms with E-state index in [0.717, 1.165) is 17.9 Å². The van der Waals surface area contributed by atoms with Gasteiger partial charge in [-0.05, 0) is 37.7 Å². The van der Waals surface area contributed by atoms with E-state index >= 15 is 0 Å². The Labute approximate surface area is 119 Å². The first kappa shape index (κ1) is 12.9. The fourth-order valence-electron chi connectivity index (χ4n) is 2.60. The third-order valence-electron chi connectivity index (χ3n) is 3.60. The van der Waals surface area contributed by atoms with Crippen LogP contribution < -0.4 is 5.32 Å². The second-order valence-electron chi connectivity index (χ2n) is 5.22. The molecule has 3 aromatic rings. The molecule has 1 aromatic heterocycles. The van der Waals surface area contributed by atoms with Crippen LogP contribution >= 0.6 is 0 Å². The van der Waals surface area contributed by atoms with Gasteiger partial charge in [-0.15, -0.1) is 0 Å². The summed E-state index contributed by atoms with van der Waals surface area (Å²) in [5, 5.41) is 3.17. The monoisotopic (exact) mass is 265 g/mol. The molecule has 1 N–H and O–H groups in total. The molecule has 0 bridgehead atoms. The van der Waals surface area contributed by atoms with Crippen molar-refractivity contribution in [1.29, 1.82) is 0 Å². The summed E-state index contributed by atoms with van der Waals surface area (Å²) in [5.41, 5.74) is 5.90. The Balaban J connectivity index is 2.15. The van der Waals surface area contributed by atoms with Gasteiger partial charge in [-0.1, -0.05) is 29.8 Å². The maximum atomic E-state index is 4.80. The van der Waals surface area contributed by atoms with Crippen LogP contribution in [0.4, 0.5) is 0 Å². The highest BCUT2D eigenvalue weighted by atomic mass is 15.1. The van der Waals surface area contributed by atoms with E-state index in [1.807, 2.05) is 7.05 Å². The molecule has 0 amide bonds. The molecule has 0 saturated carbocycles. The molecule has 0 aliphatic carbocycles. The first-order valence-corrected chi connectivity index (χ1v) is 6.86. The van der Waals surface area contributed by atoms with E-state index in [2.05, 4.69) is 66.3 Å². The van der Waals surface area contributed by atoms with Crippen molar-refractivity contribution in [2.45, 2.75) is 13.5 Å². The molecule has 0 fully saturated rings. The zero-order valence-corrected chi connectivity index (χ0v) is 12.1. The fourth-order valence-corrected chi connectivity index (χ4v) is 2.60. The van der Waals surface area contributed by atoms with E-state index in [1.54, 1.807) is 0 Å². The van der Waals surface area contributed by atoms with Crippen molar-refractivity contribution in [3.8, 4) is 11.4 Å². The molecule has 3 nitrogen and oxygen atoms in total. The van der Waals surface area contributed by atoms with E-state index < -0.39 is 0 Å². The van der Waals surface area contributed by atoms with Crippen LogP contribution in [0.1, 0.15) is 11.1 Å². The highest BCUT2D eigenvalue weighted by Gasteiger charge is 2.10. The third-order valence-corrected chi connectivity index (χ3v) is 3.60. The summed E-state index contributed by atoms with van der Waals surface area (Å²) in [5.74, 6) is 1.02. The van der Waals surface area contributed by atoms with Crippen molar-refractivity contribution in [3.63, 3.8) is 0 Å². The zero-order chi connectivity index (χ0) is 14.1. The molecule has 0 atom stereocenters. The third kappa shape index (κ3) is 2.21. The maximum absolute atomic E-state index is 4.80. The van der Waals surface area contributed by atoms with Crippen LogP contribution in [0.15, 0.2) is 42.5 Å². The Morgan fingerprint density at radius 3 is 2.75 bits per heavy atom. The lowest BCUT2D eigenvalue weighted by Gasteiger charge is -2.03. The highest BCUT2D eigenvalue weighted by Crippen LogP contribution is 2.24. The Kier molecular flexibility index (Phi) is 3.28. The molecule has 0 aliphatic rings. The summed E-state index contributed by atoms with van der Waals surface area (Å²) in [4.78, 5) is 4.80. The molecule has 0 radical (unpaired) electrons. The maximum Gasteiger partial charge on any atom is 0.140 e. The number of benzene rings is 2. The van der Waals surface area contributed by atoms with Crippen molar-refractivity contribution < 1.29 is 0 Å². The Bertz CT molecular complexity index is 756. The summed E-state index contributed by atoms with van der Waals surface area (Å²) in [6.07, 6.45) is 0. The van der Waals surface area contributed by atoms with Crippen LogP contribution in [0.5, 0.6) is 0 Å². The average Bonchev–Trinajstić information content (AvgIpc) is 2.76. The van der Waals surface area contributed by atoms with Crippen LogP contribution in [-0.2, 0) is 13.6 Å². The summed E-state index contributed by atoms with van der Waals surface area (Å²) in [7, 11) is 4.03. The molecule has 1 heterocycles. The predicted molar refractivity (Wildman–Crippen MR) is 83.7 cm³/mol. The van der Waals surface area contributed by atoms with Crippen LogP contribution in [0.2, 0.25) is 0 Å². The zero-order valence-electron chi connectivity index (χ0n) is 12.1. The van der Waals surface area contributed by atoms with Gasteiger partial charge in [0.25, 0.3) is 0 Å². The lowest BCUT2D eigenvalue weighted by molar-refractivity contribution is 0.819. The van der Waals surface area contributed by atoms with E-state index in [4.69, 9.17) is 4.98 Å². The Hall–Kier alpha value is -2.13. The minimum absolute atomic E-state index is 0.867. The van der Waals surface area contributed by atoms with E-state index in [1.165, 1.54) is 22.2 Å². The summed E-state index contributed by atoms with van der Waals surface area (Å²) in [6.45, 7) is 2.98. The van der Waals surface area contributed by atoms with Crippen molar-refractivity contribution >= 4 is 11.0 Å². The first-order valence-electron chi connectivity index (χ1n) is 6.86. The van der Waals surface area contributed by atoms with E-state index in [0.29, 0.717) is 0 Å². The van der Waals surface area contributed by atoms with Crippen molar-refractivity contribution in [2.75, 3.05) is 7.05 Å². The number of nitrogens with one attached hydrogen (secondary N) is 1. The number of aromatic nitrogens is 2. The van der Waals surface area contributed by atoms with Gasteiger partial charge in [0, 0.05) is 19.2 Å². The van der Waals surface area contributed by atoms with Gasteiger partial charge in [0.15, 0.2) is 0 Å². The Morgan fingerprint density at radius 2 is 2.00 bits per heavy atom. The standard InChI is InChI=1S/C17H19N3/c1-12-5-4-6-14(9-12)17-19-15-10-13(11-18-2)7-8-16(15)20(17)3/h4-10,18H,11H2,1-3H3. The average molecular weight is 265 g/mol. The molecule has 0 saturated heterocycles. The molecule has 102 valence electrons. The van der Waals surface area contributed by atoms with Crippen molar-refractivity contribution in [1.82, 2.24) is 14.9 Å². The fraction of sp³-hybridized carbons (Fsp3) is 0.235. The van der Waals surface area contributed by atoms with Gasteiger partial charge in [0.2, 0.25) is 0 Å². The summed E-state index contributed by atoms with van der Waals surface area (Å²) < 4.78 is 2.16. The number of imidazole rings is 1. The number of hydrogen-bond donors (Lipinski definition) is 1. The molecule has 20 heavy (non-hydrogen) atoms. The lowest BCUT2D eigenvalue weighted by Crippen LogP contribution is -2.04. The predicted octanol–water partition coefficient (Wildman–Crippen LogP) is 3.27. The normalized spacial score (nSPS) is 11.2. The van der Waals surface area contributed by atoms with Gasteiger partial charge in [-0.2, -0.15) is 0 Å². The number of rotatable bonds is 3. The summed E-state index contributed by atoms with van der Waals surface area (Å²) >= 11 is 0. The van der Waals surface area contributed by atoms with Gasteiger partial charge in [0.1, 0.15) is 5.82 Å². The summed E-state index contributed by atoms with van der Waals surface area (Å²) in [6, 6.07) is 14.9. The van der Waals surface area contributed by atoms with Crippen LogP contribution in [0.3, 0.4) is 0 Å². The first-order chi connectivity index (χ1) is 9.69. The molecular formula is C17H19N3. The van der Waals surface area contributed by atoms with Gasteiger partial charge < -0.3 is 9.88 Å². The molecule has 0 spiro atoms. The largest absolute Gasteiger partial charge is 0.327 e. The smallest absolute Gasteiger partial charge is 0.140 e. The molecule has 3 heteroatoms. The molecular weight excluding hydrogens is 246 g/mol. The molecule has 0 unspecified atom stereocenters. The minimum atomic E-state index is 0.867. The molecule has 2 aromatic carbocycles. The van der Waals surface area contributed by atoms with E-state index in [9.17, 15) is 0 Å². The van der Waals surface area contributed by atoms with Gasteiger partial charge in [-0.25, -0.2) is 4.98 Å². The van der Waals surface area contributed by atoms with Gasteiger partial charge in [0.05, 0.1) is 11.0 Å². The Morgan fingerprint density at radius 1 is 1.15 bits per heavy atom. The number of fused-ring (bicyclic) bond motifs is 1. The van der Waals surface area contributed by atoms with Gasteiger partial charge >= 0.3 is 0 Å². The highest BCUT2D eigenvalue weighted by molar-refractivity contribution is 5.81. The topological polar surface area (TPSA) is 29.9 Å². The number of nitrogens with zero attached hydrogens (tertiary/aromatic N) is 2. The van der Waals surface area contributed by atoms with Crippen LogP contribution in [0, 0.1) is 6.92 Å². The molecule has 0 aliphatic heterocycles. The number of aryl methyl sites for hydroxylation is 2. The second-order valence-corrected chi connectivity index (χ2v) is 5.22. The van der Waals surface area contributed by atoms with Gasteiger partial charge in [-0.3, -0.25) is 0 Å². The number of hydrogen-bond acceptors (Lipinski definition) is 2. The molecule has 3 rings (SSSR count). The quantitative estimate of drug-likeness (QED) is 0.787. The van der Waals surface area contributed by atoms with Crippen molar-refractivity contribution in [3.05, 3.63) is 53.6 Å². The van der Waals surface area contributed by atoms with Crippen molar-refractivity contribution in [2.24, 2.45) is 7.05 Å². The van der Waals surface area contributed by atoms with Crippen LogP contribution in [0.25, 0.3) is 22.4 Å². The van der Waals surface area contributed by atoms with E-state index in [-0.39, 0.29) is 0 Å².